The van der Waals surface area contributed by atoms with Gasteiger partial charge in [0.1, 0.15) is 5.03 Å². The van der Waals surface area contributed by atoms with E-state index >= 15 is 0 Å². The van der Waals surface area contributed by atoms with Gasteiger partial charge in [0, 0.05) is 11.7 Å². The Morgan fingerprint density at radius 2 is 1.85 bits per heavy atom. The number of thioether (sulfide) groups is 1. The van der Waals surface area contributed by atoms with Gasteiger partial charge in [0.05, 0.1) is 5.56 Å². The van der Waals surface area contributed by atoms with Crippen LogP contribution >= 0.6 is 11.8 Å². The Morgan fingerprint density at radius 1 is 1.22 bits per heavy atom. The third-order valence-electron chi connectivity index (χ3n) is 5.97. The predicted molar refractivity (Wildman–Crippen MR) is 95.4 cm³/mol. The first kappa shape index (κ1) is 18.7. The molecule has 0 saturated heterocycles. The molecule has 0 aromatic carbocycles. The van der Waals surface area contributed by atoms with Gasteiger partial charge in [-0.1, -0.05) is 0 Å². The lowest BCUT2D eigenvalue weighted by atomic mass is 9.53. The molecule has 1 amide bonds. The first-order valence-electron chi connectivity index (χ1n) is 9.30. The third-order valence-corrected chi connectivity index (χ3v) is 6.70. The summed E-state index contributed by atoms with van der Waals surface area (Å²) in [5.41, 5.74) is -0.200. The van der Waals surface area contributed by atoms with E-state index in [1.807, 2.05) is 0 Å². The van der Waals surface area contributed by atoms with Crippen LogP contribution in [-0.2, 0) is 9.53 Å². The summed E-state index contributed by atoms with van der Waals surface area (Å²) in [4.78, 5) is 28.4. The quantitative estimate of drug-likeness (QED) is 0.587. The zero-order chi connectivity index (χ0) is 19.0. The van der Waals surface area contributed by atoms with Crippen molar-refractivity contribution in [3.8, 4) is 0 Å². The van der Waals surface area contributed by atoms with Crippen LogP contribution in [0.2, 0.25) is 0 Å². The maximum Gasteiger partial charge on any atom is 0.341 e. The number of esters is 1. The van der Waals surface area contributed by atoms with Crippen LogP contribution in [0.5, 0.6) is 0 Å². The van der Waals surface area contributed by atoms with Crippen LogP contribution < -0.4 is 5.32 Å². The molecular weight excluding hydrogens is 374 g/mol. The molecule has 1 heterocycles. The Kier molecular flexibility index (Phi) is 5.09. The van der Waals surface area contributed by atoms with E-state index in [2.05, 4.69) is 10.3 Å². The minimum atomic E-state index is -2.69. The molecule has 4 aliphatic rings. The predicted octanol–water partition coefficient (Wildman–Crippen LogP) is 3.64. The second kappa shape index (κ2) is 7.37. The summed E-state index contributed by atoms with van der Waals surface area (Å²) < 4.78 is 30.3. The fourth-order valence-corrected chi connectivity index (χ4v) is 6.10. The van der Waals surface area contributed by atoms with Crippen molar-refractivity contribution in [1.29, 1.82) is 0 Å². The number of nitrogens with one attached hydrogen (secondary N) is 1. The van der Waals surface area contributed by atoms with E-state index < -0.39 is 18.3 Å². The van der Waals surface area contributed by atoms with Crippen molar-refractivity contribution in [2.24, 2.45) is 17.8 Å². The van der Waals surface area contributed by atoms with Crippen LogP contribution in [0.1, 0.15) is 48.9 Å². The molecule has 0 atom stereocenters. The van der Waals surface area contributed by atoms with E-state index in [4.69, 9.17) is 4.74 Å². The van der Waals surface area contributed by atoms with E-state index in [-0.39, 0.29) is 33.8 Å². The van der Waals surface area contributed by atoms with Crippen LogP contribution in [0.4, 0.5) is 8.78 Å². The topological polar surface area (TPSA) is 68.3 Å². The SMILES string of the molecule is O=C(COC(=O)c1cccnc1SC(F)F)NC12CC3CC(CC(C3)C1)C2. The Labute approximate surface area is 160 Å². The van der Waals surface area contributed by atoms with Gasteiger partial charge < -0.3 is 10.1 Å². The summed E-state index contributed by atoms with van der Waals surface area (Å²) >= 11 is 0.186. The van der Waals surface area contributed by atoms with Crippen molar-refractivity contribution in [3.63, 3.8) is 0 Å². The van der Waals surface area contributed by atoms with Gasteiger partial charge in [-0.2, -0.15) is 8.78 Å². The average Bonchev–Trinajstić information content (AvgIpc) is 2.58. The lowest BCUT2D eigenvalue weighted by Gasteiger charge is -2.56. The van der Waals surface area contributed by atoms with Crippen LogP contribution in [0.3, 0.4) is 0 Å². The molecule has 1 aromatic heterocycles. The van der Waals surface area contributed by atoms with E-state index in [1.165, 1.54) is 37.6 Å². The number of hydrogen-bond acceptors (Lipinski definition) is 5. The molecule has 5 nitrogen and oxygen atoms in total. The monoisotopic (exact) mass is 396 g/mol. The van der Waals surface area contributed by atoms with Crippen LogP contribution in [0.15, 0.2) is 23.4 Å². The van der Waals surface area contributed by atoms with E-state index in [9.17, 15) is 18.4 Å². The number of alkyl halides is 2. The fourth-order valence-electron chi connectivity index (χ4n) is 5.53. The van der Waals surface area contributed by atoms with E-state index in [0.29, 0.717) is 17.8 Å². The molecule has 1 N–H and O–H groups in total. The molecule has 5 rings (SSSR count). The Hall–Kier alpha value is -1.70. The van der Waals surface area contributed by atoms with Gasteiger partial charge in [-0.25, -0.2) is 9.78 Å². The van der Waals surface area contributed by atoms with Crippen molar-refractivity contribution >= 4 is 23.6 Å². The molecule has 0 aliphatic heterocycles. The molecular formula is C19H22F2N2O3S. The number of aromatic nitrogens is 1. The van der Waals surface area contributed by atoms with Gasteiger partial charge in [0.25, 0.3) is 11.7 Å². The third kappa shape index (κ3) is 4.10. The average molecular weight is 396 g/mol. The van der Waals surface area contributed by atoms with Gasteiger partial charge in [-0.3, -0.25) is 4.79 Å². The Bertz CT molecular complexity index is 708. The number of ether oxygens (including phenoxy) is 1. The first-order valence-corrected chi connectivity index (χ1v) is 10.2. The second-order valence-corrected chi connectivity index (χ2v) is 9.04. The van der Waals surface area contributed by atoms with Gasteiger partial charge in [-0.05, 0) is 80.2 Å². The smallest absolute Gasteiger partial charge is 0.341 e. The molecule has 4 saturated carbocycles. The van der Waals surface area contributed by atoms with Crippen LogP contribution in [0.25, 0.3) is 0 Å². The number of carbonyl (C=O) groups is 2. The number of rotatable bonds is 6. The molecule has 4 bridgehead atoms. The highest BCUT2D eigenvalue weighted by Crippen LogP contribution is 2.55. The maximum atomic E-state index is 12.6. The largest absolute Gasteiger partial charge is 0.452 e. The van der Waals surface area contributed by atoms with Gasteiger partial charge in [-0.15, -0.1) is 0 Å². The molecule has 27 heavy (non-hydrogen) atoms. The highest BCUT2D eigenvalue weighted by atomic mass is 32.2. The lowest BCUT2D eigenvalue weighted by Crippen LogP contribution is -2.60. The molecule has 0 radical (unpaired) electrons. The molecule has 0 spiro atoms. The highest BCUT2D eigenvalue weighted by molar-refractivity contribution is 7.99. The van der Waals surface area contributed by atoms with Crippen molar-refractivity contribution in [3.05, 3.63) is 23.9 Å². The molecule has 4 aliphatic carbocycles. The number of hydrogen-bond donors (Lipinski definition) is 1. The zero-order valence-corrected chi connectivity index (χ0v) is 15.6. The highest BCUT2D eigenvalue weighted by Gasteiger charge is 2.51. The van der Waals surface area contributed by atoms with E-state index in [1.54, 1.807) is 0 Å². The van der Waals surface area contributed by atoms with Crippen LogP contribution in [0, 0.1) is 17.8 Å². The van der Waals surface area contributed by atoms with Crippen molar-refractivity contribution in [2.45, 2.75) is 54.8 Å². The fraction of sp³-hybridized carbons (Fsp3) is 0.632. The molecule has 0 unspecified atom stereocenters. The summed E-state index contributed by atoms with van der Waals surface area (Å²) in [7, 11) is 0. The Morgan fingerprint density at radius 3 is 2.44 bits per heavy atom. The zero-order valence-electron chi connectivity index (χ0n) is 14.8. The minimum Gasteiger partial charge on any atom is -0.452 e. The van der Waals surface area contributed by atoms with E-state index in [0.717, 1.165) is 19.3 Å². The van der Waals surface area contributed by atoms with Crippen molar-refractivity contribution in [1.82, 2.24) is 10.3 Å². The van der Waals surface area contributed by atoms with Crippen molar-refractivity contribution in [2.75, 3.05) is 6.61 Å². The standard InChI is InChI=1S/C19H22F2N2O3S/c20-18(21)27-16-14(2-1-3-22-16)17(25)26-10-15(24)23-19-7-11-4-12(8-19)6-13(5-11)9-19/h1-3,11-13,18H,4-10H2,(H,23,24). The lowest BCUT2D eigenvalue weighted by molar-refractivity contribution is -0.130. The Balaban J connectivity index is 1.34. The summed E-state index contributed by atoms with van der Waals surface area (Å²) in [5, 5.41) is 3.02. The number of pyridine rings is 1. The number of amides is 1. The summed E-state index contributed by atoms with van der Waals surface area (Å²) in [6, 6.07) is 2.85. The van der Waals surface area contributed by atoms with Gasteiger partial charge in [0.15, 0.2) is 6.61 Å². The molecule has 146 valence electrons. The second-order valence-electron chi connectivity index (χ2n) is 8.06. The van der Waals surface area contributed by atoms with Crippen LogP contribution in [-0.4, -0.2) is 34.8 Å². The van der Waals surface area contributed by atoms with Gasteiger partial charge >= 0.3 is 5.97 Å². The number of carbonyl (C=O) groups excluding carboxylic acids is 2. The van der Waals surface area contributed by atoms with Crippen molar-refractivity contribution < 1.29 is 23.1 Å². The summed E-state index contributed by atoms with van der Waals surface area (Å²) in [5.74, 6) is -1.73. The number of halogens is 2. The normalized spacial score (nSPS) is 31.1. The first-order chi connectivity index (χ1) is 12.9. The summed E-state index contributed by atoms with van der Waals surface area (Å²) in [6.07, 6.45) is 8.19. The minimum absolute atomic E-state index is 0.0506. The molecule has 8 heteroatoms. The number of nitrogens with zero attached hydrogens (tertiary/aromatic N) is 1. The van der Waals surface area contributed by atoms with Gasteiger partial charge in [0.2, 0.25) is 0 Å². The molecule has 1 aromatic rings. The molecule has 4 fully saturated rings. The maximum absolute atomic E-state index is 12.6. The summed E-state index contributed by atoms with van der Waals surface area (Å²) in [6.45, 7) is -0.408.